The molecule has 3 nitrogen and oxygen atoms in total. The van der Waals surface area contributed by atoms with Gasteiger partial charge in [-0.1, -0.05) is 0 Å². The molecule has 0 amide bonds. The zero-order valence-corrected chi connectivity index (χ0v) is 23.5. The second-order valence-electron chi connectivity index (χ2n) is 8.16. The van der Waals surface area contributed by atoms with E-state index in [0.29, 0.717) is 0 Å². The second kappa shape index (κ2) is 11.1. The number of thioether (sulfide) groups is 1. The Kier molecular flexibility index (Phi) is 8.11. The summed E-state index contributed by atoms with van der Waals surface area (Å²) in [6, 6.07) is 36.1. The summed E-state index contributed by atoms with van der Waals surface area (Å²) in [6.07, 6.45) is 0.927. The van der Waals surface area contributed by atoms with Crippen molar-refractivity contribution in [1.82, 2.24) is 0 Å². The van der Waals surface area contributed by atoms with E-state index in [2.05, 4.69) is 119 Å². The fourth-order valence-electron chi connectivity index (χ4n) is 4.37. The number of rotatable bonds is 10. The maximum absolute atomic E-state index is 5.49. The van der Waals surface area contributed by atoms with E-state index in [1.807, 2.05) is 11.8 Å². The molecule has 182 valence electrons. The van der Waals surface area contributed by atoms with Crippen LogP contribution in [-0.4, -0.2) is 33.2 Å². The summed E-state index contributed by atoms with van der Waals surface area (Å²) >= 11 is 6.41. The van der Waals surface area contributed by atoms with Gasteiger partial charge >= 0.3 is 221 Å². The predicted molar refractivity (Wildman–Crippen MR) is 156 cm³/mol. The first-order valence-corrected chi connectivity index (χ1v) is 16.8. The molecule has 0 radical (unpaired) electrons. The van der Waals surface area contributed by atoms with Gasteiger partial charge in [0.15, 0.2) is 0 Å². The van der Waals surface area contributed by atoms with Gasteiger partial charge in [0.05, 0.1) is 0 Å². The van der Waals surface area contributed by atoms with E-state index in [0.717, 1.165) is 29.2 Å². The minimum atomic E-state index is -3.08. The van der Waals surface area contributed by atoms with Crippen LogP contribution in [0, 0.1) is 0 Å². The summed E-state index contributed by atoms with van der Waals surface area (Å²) in [6.45, 7) is 0. The zero-order valence-electron chi connectivity index (χ0n) is 20.2. The molecule has 4 rings (SSSR count). The van der Waals surface area contributed by atoms with Crippen molar-refractivity contribution in [2.24, 2.45) is 0 Å². The van der Waals surface area contributed by atoms with Crippen LogP contribution in [0.4, 0.5) is 0 Å². The first kappa shape index (κ1) is 25.6. The molecule has 35 heavy (non-hydrogen) atoms. The molecule has 0 saturated heterocycles. The summed E-state index contributed by atoms with van der Waals surface area (Å²) in [5, 5.41) is 0.672. The van der Waals surface area contributed by atoms with Gasteiger partial charge in [-0.05, 0) is 0 Å². The predicted octanol–water partition coefficient (Wildman–Crippen LogP) is 6.64. The summed E-state index contributed by atoms with van der Waals surface area (Å²) in [5.41, 5.74) is 0. The van der Waals surface area contributed by atoms with Gasteiger partial charge in [-0.15, -0.1) is 0 Å². The Bertz CT molecular complexity index is 1110. The number of hydrogen-bond donors (Lipinski definition) is 0. The molecule has 0 aliphatic rings. The molecule has 6 heteroatoms. The topological polar surface area (TPSA) is 27.7 Å². The molecule has 0 atom stereocenters. The van der Waals surface area contributed by atoms with Crippen LogP contribution in [0.15, 0.2) is 108 Å². The van der Waals surface area contributed by atoms with E-state index in [4.69, 9.17) is 14.2 Å². The van der Waals surface area contributed by atoms with Crippen molar-refractivity contribution in [3.8, 4) is 17.2 Å². The summed E-state index contributed by atoms with van der Waals surface area (Å²) in [7, 11) is 5.10. The second-order valence-corrected chi connectivity index (χ2v) is 18.4. The van der Waals surface area contributed by atoms with Crippen molar-refractivity contribution < 1.29 is 14.2 Å². The third-order valence-corrected chi connectivity index (χ3v) is 17.6. The molecule has 0 bridgehead atoms. The number of halogens is 1. The van der Waals surface area contributed by atoms with Crippen LogP contribution in [0.1, 0.15) is 0 Å². The maximum atomic E-state index is 5.49. The van der Waals surface area contributed by atoms with Crippen molar-refractivity contribution in [3.63, 3.8) is 0 Å². The Morgan fingerprint density at radius 1 is 0.571 bits per heavy atom. The molecule has 0 spiro atoms. The monoisotopic (exact) mass is 568 g/mol. The van der Waals surface area contributed by atoms with Gasteiger partial charge in [0.2, 0.25) is 0 Å². The van der Waals surface area contributed by atoms with Gasteiger partial charge in [-0.2, -0.15) is 0 Å². The molecule has 0 N–H and O–H groups in total. The van der Waals surface area contributed by atoms with Gasteiger partial charge in [0.25, 0.3) is 0 Å². The van der Waals surface area contributed by atoms with Crippen molar-refractivity contribution in [2.45, 2.75) is 4.90 Å². The van der Waals surface area contributed by atoms with Crippen LogP contribution in [0.5, 0.6) is 17.2 Å². The van der Waals surface area contributed by atoms with E-state index < -0.39 is 5.31 Å². The molecule has 0 aliphatic carbocycles. The fraction of sp³-hybridized carbons (Fsp3) is 0.172. The van der Waals surface area contributed by atoms with Crippen LogP contribution in [0.3, 0.4) is 0 Å². The Balaban J connectivity index is 1.91. The van der Waals surface area contributed by atoms with E-state index in [-0.39, 0.29) is 0 Å². The van der Waals surface area contributed by atoms with Crippen molar-refractivity contribution in [3.05, 3.63) is 103 Å². The molecule has 0 unspecified atom stereocenters. The number of ether oxygens (including phenoxy) is 3. The molecule has 0 fully saturated rings. The van der Waals surface area contributed by atoms with E-state index >= 15 is 0 Å². The SMILES string of the molecule is COc1ccc(P(Br)(CCSc2ccccc2)(c2ccc(OC)cc2)c2ccc(OC)cc2)cc1. The Labute approximate surface area is 220 Å². The molecular formula is C29H30BrO3PS. The quantitative estimate of drug-likeness (QED) is 0.158. The number of hydrogen-bond acceptors (Lipinski definition) is 4. The van der Waals surface area contributed by atoms with Crippen LogP contribution in [0.25, 0.3) is 0 Å². The van der Waals surface area contributed by atoms with Gasteiger partial charge in [0.1, 0.15) is 0 Å². The van der Waals surface area contributed by atoms with Crippen molar-refractivity contribution in [1.29, 1.82) is 0 Å². The number of benzene rings is 4. The summed E-state index contributed by atoms with van der Waals surface area (Å²) in [4.78, 5) is 1.27. The Hall–Kier alpha value is -2.46. The molecular weight excluding hydrogens is 539 g/mol. The standard InChI is InChI=1S/C29H30BrO3PS/c1-31-23-9-15-26(16-10-23)34(30,27-17-11-24(32-2)12-18-27,28-19-13-25(33-3)14-20-28)21-22-35-29-7-5-4-6-8-29/h4-20H,21-22H2,1-3H3. The van der Waals surface area contributed by atoms with Gasteiger partial charge in [-0.3, -0.25) is 0 Å². The number of methoxy groups -OCH3 is 3. The average Bonchev–Trinajstić information content (AvgIpc) is 2.94. The van der Waals surface area contributed by atoms with Crippen molar-refractivity contribution >= 4 is 48.5 Å². The third kappa shape index (κ3) is 5.09. The molecule has 0 aromatic heterocycles. The normalized spacial score (nSPS) is 12.4. The molecule has 4 aromatic carbocycles. The molecule has 4 aromatic rings. The summed E-state index contributed by atoms with van der Waals surface area (Å²) < 4.78 is 16.5. The Morgan fingerprint density at radius 2 is 0.943 bits per heavy atom. The molecule has 0 aliphatic heterocycles. The van der Waals surface area contributed by atoms with Crippen LogP contribution >= 0.6 is 32.6 Å². The third-order valence-electron chi connectivity index (χ3n) is 6.36. The molecule has 0 heterocycles. The zero-order chi connectivity index (χ0) is 24.8. The average molecular weight is 570 g/mol. The van der Waals surface area contributed by atoms with Gasteiger partial charge in [-0.25, -0.2) is 0 Å². The first-order valence-electron chi connectivity index (χ1n) is 11.4. The Morgan fingerprint density at radius 3 is 1.29 bits per heavy atom. The minimum absolute atomic E-state index is 0.842. The van der Waals surface area contributed by atoms with Crippen LogP contribution < -0.4 is 30.1 Å². The summed E-state index contributed by atoms with van der Waals surface area (Å²) in [5.74, 6) is 3.47. The van der Waals surface area contributed by atoms with Gasteiger partial charge in [0, 0.05) is 0 Å². The van der Waals surface area contributed by atoms with E-state index in [1.54, 1.807) is 21.3 Å². The molecule has 0 saturated carbocycles. The van der Waals surface area contributed by atoms with E-state index in [9.17, 15) is 0 Å². The van der Waals surface area contributed by atoms with Gasteiger partial charge < -0.3 is 0 Å². The fourth-order valence-corrected chi connectivity index (χ4v) is 14.1. The van der Waals surface area contributed by atoms with E-state index in [1.165, 1.54) is 20.8 Å². The first-order chi connectivity index (χ1) is 17.0. The van der Waals surface area contributed by atoms with Crippen LogP contribution in [0.2, 0.25) is 0 Å². The van der Waals surface area contributed by atoms with Crippen LogP contribution in [-0.2, 0) is 0 Å². The van der Waals surface area contributed by atoms with Crippen molar-refractivity contribution in [2.75, 3.05) is 33.2 Å².